The maximum Gasteiger partial charge on any atom is 0.0720 e. The first-order chi connectivity index (χ1) is 6.29. The van der Waals surface area contributed by atoms with Crippen molar-refractivity contribution in [3.05, 3.63) is 28.2 Å². The Bertz CT molecular complexity index is 280. The number of hydrogen-bond acceptors (Lipinski definition) is 3. The summed E-state index contributed by atoms with van der Waals surface area (Å²) in [6, 6.07) is 6.16. The minimum absolute atomic E-state index is 0.552. The highest BCUT2D eigenvalue weighted by molar-refractivity contribution is 9.10. The molecule has 4 heteroatoms. The Hall–Kier alpha value is -0.0300. The van der Waals surface area contributed by atoms with E-state index in [1.165, 1.54) is 10.5 Å². The minimum Gasteiger partial charge on any atom is -0.304 e. The van der Waals surface area contributed by atoms with Crippen LogP contribution >= 0.6 is 27.7 Å². The van der Waals surface area contributed by atoms with Gasteiger partial charge in [0.25, 0.3) is 0 Å². The Morgan fingerprint density at radius 2 is 2.31 bits per heavy atom. The van der Waals surface area contributed by atoms with Crippen molar-refractivity contribution in [1.82, 2.24) is 0 Å². The maximum atomic E-state index is 5.00. The maximum absolute atomic E-state index is 5.00. The molecule has 72 valence electrons. The van der Waals surface area contributed by atoms with Gasteiger partial charge in [-0.25, -0.2) is 5.90 Å². The average molecular weight is 262 g/mol. The van der Waals surface area contributed by atoms with Crippen LogP contribution in [0.5, 0.6) is 0 Å². The van der Waals surface area contributed by atoms with Gasteiger partial charge in [0.1, 0.15) is 0 Å². The fourth-order valence-electron chi connectivity index (χ4n) is 1.13. The van der Waals surface area contributed by atoms with Gasteiger partial charge in [-0.05, 0) is 30.4 Å². The molecule has 0 aliphatic rings. The Labute approximate surface area is 90.9 Å². The summed E-state index contributed by atoms with van der Waals surface area (Å²) < 4.78 is 1.12. The zero-order valence-corrected chi connectivity index (χ0v) is 9.82. The van der Waals surface area contributed by atoms with Gasteiger partial charge in [-0.15, -0.1) is 11.8 Å². The lowest BCUT2D eigenvalue weighted by atomic mass is 10.2. The zero-order valence-electron chi connectivity index (χ0n) is 7.42. The molecule has 0 saturated carbocycles. The number of halogens is 1. The van der Waals surface area contributed by atoms with E-state index >= 15 is 0 Å². The van der Waals surface area contributed by atoms with Crippen LogP contribution in [0.25, 0.3) is 0 Å². The second-order valence-electron chi connectivity index (χ2n) is 2.54. The summed E-state index contributed by atoms with van der Waals surface area (Å²) in [5, 5.41) is 0. The monoisotopic (exact) mass is 261 g/mol. The molecule has 0 saturated heterocycles. The second kappa shape index (κ2) is 5.65. The molecule has 0 bridgehead atoms. The predicted octanol–water partition coefficient (Wildman–Crippen LogP) is 2.60. The largest absolute Gasteiger partial charge is 0.304 e. The lowest BCUT2D eigenvalue weighted by Crippen LogP contribution is -2.04. The van der Waals surface area contributed by atoms with Gasteiger partial charge in [0.2, 0.25) is 0 Å². The molecule has 0 fully saturated rings. The lowest BCUT2D eigenvalue weighted by Gasteiger charge is -2.08. The van der Waals surface area contributed by atoms with Gasteiger partial charge < -0.3 is 4.84 Å². The van der Waals surface area contributed by atoms with Gasteiger partial charge in [-0.3, -0.25) is 0 Å². The molecule has 1 rings (SSSR count). The van der Waals surface area contributed by atoms with Crippen LogP contribution in [-0.2, 0) is 11.3 Å². The van der Waals surface area contributed by atoms with Crippen molar-refractivity contribution in [1.29, 1.82) is 0 Å². The van der Waals surface area contributed by atoms with Gasteiger partial charge in [0, 0.05) is 9.37 Å². The van der Waals surface area contributed by atoms with Gasteiger partial charge in [0.15, 0.2) is 0 Å². The molecule has 0 aliphatic heterocycles. The van der Waals surface area contributed by atoms with E-state index in [9.17, 15) is 0 Å². The summed E-state index contributed by atoms with van der Waals surface area (Å²) in [4.78, 5) is 5.84. The first-order valence-electron chi connectivity index (χ1n) is 3.92. The van der Waals surface area contributed by atoms with E-state index in [1.807, 2.05) is 12.1 Å². The molecule has 0 unspecified atom stereocenters. The first-order valence-corrected chi connectivity index (χ1v) is 5.94. The van der Waals surface area contributed by atoms with Gasteiger partial charge >= 0.3 is 0 Å². The smallest absolute Gasteiger partial charge is 0.0720 e. The van der Waals surface area contributed by atoms with Crippen molar-refractivity contribution in [2.24, 2.45) is 5.90 Å². The average Bonchev–Trinajstić information content (AvgIpc) is 2.15. The summed E-state index contributed by atoms with van der Waals surface area (Å²) in [7, 11) is 0. The van der Waals surface area contributed by atoms with Crippen LogP contribution in [0.1, 0.15) is 5.56 Å². The molecule has 1 aromatic carbocycles. The van der Waals surface area contributed by atoms with Gasteiger partial charge in [-0.2, -0.15) is 0 Å². The molecule has 2 nitrogen and oxygen atoms in total. The van der Waals surface area contributed by atoms with E-state index in [4.69, 9.17) is 5.90 Å². The lowest BCUT2D eigenvalue weighted by molar-refractivity contribution is 0.141. The van der Waals surface area contributed by atoms with Crippen LogP contribution in [0.15, 0.2) is 27.6 Å². The van der Waals surface area contributed by atoms with Crippen molar-refractivity contribution in [3.63, 3.8) is 0 Å². The summed E-state index contributed by atoms with van der Waals surface area (Å²) in [6.45, 7) is 0.552. The molecule has 13 heavy (non-hydrogen) atoms. The van der Waals surface area contributed by atoms with Crippen LogP contribution in [0.4, 0.5) is 0 Å². The third kappa shape index (κ3) is 2.98. The number of rotatable bonds is 4. The third-order valence-electron chi connectivity index (χ3n) is 1.77. The van der Waals surface area contributed by atoms with E-state index in [0.717, 1.165) is 10.9 Å². The molecular formula is C9H12BrNOS. The quantitative estimate of drug-likeness (QED) is 0.669. The highest BCUT2D eigenvalue weighted by atomic mass is 79.9. The molecule has 0 aromatic heterocycles. The van der Waals surface area contributed by atoms with E-state index in [0.29, 0.717) is 6.61 Å². The molecular weight excluding hydrogens is 250 g/mol. The highest BCUT2D eigenvalue weighted by Gasteiger charge is 2.04. The summed E-state index contributed by atoms with van der Waals surface area (Å²) >= 11 is 5.24. The SMILES string of the molecule is CSc1cccc(Br)c1CCON. The van der Waals surface area contributed by atoms with Crippen molar-refractivity contribution in [2.45, 2.75) is 11.3 Å². The summed E-state index contributed by atoms with van der Waals surface area (Å²) in [6.07, 6.45) is 2.91. The van der Waals surface area contributed by atoms with Gasteiger partial charge in [0.05, 0.1) is 6.61 Å². The van der Waals surface area contributed by atoms with E-state index < -0.39 is 0 Å². The summed E-state index contributed by atoms with van der Waals surface area (Å²) in [5.74, 6) is 5.00. The van der Waals surface area contributed by atoms with Crippen LogP contribution in [-0.4, -0.2) is 12.9 Å². The van der Waals surface area contributed by atoms with Crippen LogP contribution in [0.2, 0.25) is 0 Å². The normalized spacial score (nSPS) is 10.4. The van der Waals surface area contributed by atoms with Crippen molar-refractivity contribution < 1.29 is 4.84 Å². The molecule has 0 radical (unpaired) electrons. The number of benzene rings is 1. The minimum atomic E-state index is 0.552. The second-order valence-corrected chi connectivity index (χ2v) is 4.24. The fourth-order valence-corrected chi connectivity index (χ4v) is 2.50. The molecule has 0 amide bonds. The van der Waals surface area contributed by atoms with Crippen molar-refractivity contribution >= 4 is 27.7 Å². The molecule has 2 N–H and O–H groups in total. The van der Waals surface area contributed by atoms with E-state index in [-0.39, 0.29) is 0 Å². The standard InChI is InChI=1S/C9H12BrNOS/c1-13-9-4-2-3-8(10)7(9)5-6-12-11/h2-4H,5-6,11H2,1H3. The van der Waals surface area contributed by atoms with E-state index in [2.05, 4.69) is 33.1 Å². The molecule has 0 aliphatic carbocycles. The first kappa shape index (κ1) is 11.0. The summed E-state index contributed by atoms with van der Waals surface area (Å²) in [5.41, 5.74) is 1.26. The topological polar surface area (TPSA) is 35.2 Å². The Kier molecular flexibility index (Phi) is 4.80. The van der Waals surface area contributed by atoms with Crippen molar-refractivity contribution in [3.8, 4) is 0 Å². The van der Waals surface area contributed by atoms with Crippen LogP contribution in [0, 0.1) is 0 Å². The molecule has 0 atom stereocenters. The Morgan fingerprint density at radius 1 is 1.54 bits per heavy atom. The molecule has 1 aromatic rings. The number of hydrogen-bond donors (Lipinski definition) is 1. The van der Waals surface area contributed by atoms with Crippen LogP contribution in [0.3, 0.4) is 0 Å². The predicted molar refractivity (Wildman–Crippen MR) is 59.8 cm³/mol. The Morgan fingerprint density at radius 3 is 2.92 bits per heavy atom. The fraction of sp³-hybridized carbons (Fsp3) is 0.333. The number of thioether (sulfide) groups is 1. The molecule has 0 heterocycles. The van der Waals surface area contributed by atoms with Crippen molar-refractivity contribution in [2.75, 3.05) is 12.9 Å². The molecule has 0 spiro atoms. The zero-order chi connectivity index (χ0) is 9.68. The number of nitrogens with two attached hydrogens (primary N) is 1. The van der Waals surface area contributed by atoms with Gasteiger partial charge in [-0.1, -0.05) is 22.0 Å². The highest BCUT2D eigenvalue weighted by Crippen LogP contribution is 2.27. The third-order valence-corrected chi connectivity index (χ3v) is 3.33. The van der Waals surface area contributed by atoms with Crippen LogP contribution < -0.4 is 5.90 Å². The van der Waals surface area contributed by atoms with E-state index in [1.54, 1.807) is 11.8 Å². The Balaban J connectivity index is 2.87.